The highest BCUT2D eigenvalue weighted by Gasteiger charge is 2.41. The summed E-state index contributed by atoms with van der Waals surface area (Å²) >= 11 is 0. The van der Waals surface area contributed by atoms with Crippen LogP contribution >= 0.6 is 0 Å². The maximum atomic E-state index is 5.98. The van der Waals surface area contributed by atoms with Crippen molar-refractivity contribution < 1.29 is 0 Å². The molecule has 1 saturated carbocycles. The van der Waals surface area contributed by atoms with E-state index in [0.29, 0.717) is 6.04 Å². The smallest absolute Gasteiger partial charge is 0.0309 e. The van der Waals surface area contributed by atoms with Crippen molar-refractivity contribution >= 4 is 0 Å². The van der Waals surface area contributed by atoms with E-state index in [0.717, 1.165) is 5.92 Å². The Bertz CT molecular complexity index is 382. The Hall–Kier alpha value is -0.860. The first-order valence-corrected chi connectivity index (χ1v) is 8.24. The van der Waals surface area contributed by atoms with E-state index in [1.54, 1.807) is 0 Å². The summed E-state index contributed by atoms with van der Waals surface area (Å²) < 4.78 is 0. The Kier molecular flexibility index (Phi) is 5.62. The lowest BCUT2D eigenvalue weighted by molar-refractivity contribution is 0.188. The molecule has 1 fully saturated rings. The van der Waals surface area contributed by atoms with Crippen LogP contribution in [0.4, 0.5) is 0 Å². The Morgan fingerprint density at radius 3 is 2.35 bits per heavy atom. The first-order chi connectivity index (χ1) is 9.73. The third-order valence-electron chi connectivity index (χ3n) is 5.30. The van der Waals surface area contributed by atoms with E-state index in [4.69, 9.17) is 5.84 Å². The molecule has 1 aromatic rings. The fourth-order valence-electron chi connectivity index (χ4n) is 3.81. The molecule has 2 rings (SSSR count). The minimum absolute atomic E-state index is 0.234. The maximum absolute atomic E-state index is 5.98. The first-order valence-electron chi connectivity index (χ1n) is 8.24. The molecule has 2 unspecified atom stereocenters. The summed E-state index contributed by atoms with van der Waals surface area (Å²) in [6.45, 7) is 4.61. The van der Waals surface area contributed by atoms with Crippen molar-refractivity contribution in [2.45, 2.75) is 70.3 Å². The molecule has 0 spiro atoms. The molecule has 20 heavy (non-hydrogen) atoms. The number of hydrazine groups is 1. The van der Waals surface area contributed by atoms with E-state index in [1.165, 1.54) is 50.5 Å². The van der Waals surface area contributed by atoms with Gasteiger partial charge >= 0.3 is 0 Å². The van der Waals surface area contributed by atoms with Gasteiger partial charge in [0.25, 0.3) is 0 Å². The van der Waals surface area contributed by atoms with Gasteiger partial charge in [0.15, 0.2) is 0 Å². The molecule has 1 aliphatic carbocycles. The number of rotatable bonds is 6. The third-order valence-corrected chi connectivity index (χ3v) is 5.30. The van der Waals surface area contributed by atoms with Crippen molar-refractivity contribution in [3.05, 3.63) is 35.9 Å². The SMILES string of the molecule is CCC(C)CC(NN)C1(c2ccccc2)CCCCC1. The highest BCUT2D eigenvalue weighted by molar-refractivity contribution is 5.28. The van der Waals surface area contributed by atoms with Crippen LogP contribution in [-0.4, -0.2) is 6.04 Å². The van der Waals surface area contributed by atoms with Crippen molar-refractivity contribution in [1.29, 1.82) is 0 Å². The summed E-state index contributed by atoms with van der Waals surface area (Å²) in [6.07, 6.45) is 8.95. The van der Waals surface area contributed by atoms with Gasteiger partial charge in [0.05, 0.1) is 0 Å². The zero-order valence-corrected chi connectivity index (χ0v) is 13.1. The largest absolute Gasteiger partial charge is 0.271 e. The predicted molar refractivity (Wildman–Crippen MR) is 86.4 cm³/mol. The fraction of sp³-hybridized carbons (Fsp3) is 0.667. The van der Waals surface area contributed by atoms with E-state index < -0.39 is 0 Å². The monoisotopic (exact) mass is 274 g/mol. The lowest BCUT2D eigenvalue weighted by Gasteiger charge is -2.45. The second-order valence-electron chi connectivity index (χ2n) is 6.55. The van der Waals surface area contributed by atoms with Crippen molar-refractivity contribution in [2.75, 3.05) is 0 Å². The van der Waals surface area contributed by atoms with Gasteiger partial charge in [-0.05, 0) is 30.7 Å². The summed E-state index contributed by atoms with van der Waals surface area (Å²) in [5, 5.41) is 0. The standard InChI is InChI=1S/C18H30N2/c1-3-15(2)14-17(20-19)18(12-8-5-9-13-18)16-10-6-4-7-11-16/h4,6-7,10-11,15,17,20H,3,5,8-9,12-14,19H2,1-2H3. The molecule has 0 heterocycles. The van der Waals surface area contributed by atoms with Gasteiger partial charge in [-0.15, -0.1) is 0 Å². The number of hydrogen-bond acceptors (Lipinski definition) is 2. The molecule has 2 nitrogen and oxygen atoms in total. The second kappa shape index (κ2) is 7.24. The summed E-state index contributed by atoms with van der Waals surface area (Å²) in [6, 6.07) is 11.4. The zero-order chi connectivity index (χ0) is 14.4. The molecular weight excluding hydrogens is 244 g/mol. The molecule has 2 atom stereocenters. The number of nitrogens with two attached hydrogens (primary N) is 1. The van der Waals surface area contributed by atoms with E-state index in [1.807, 2.05) is 0 Å². The van der Waals surface area contributed by atoms with Crippen molar-refractivity contribution in [3.8, 4) is 0 Å². The van der Waals surface area contributed by atoms with E-state index >= 15 is 0 Å². The molecule has 3 N–H and O–H groups in total. The Morgan fingerprint density at radius 1 is 1.15 bits per heavy atom. The van der Waals surface area contributed by atoms with E-state index in [-0.39, 0.29) is 5.41 Å². The summed E-state index contributed by atoms with van der Waals surface area (Å²) in [5.74, 6) is 6.70. The van der Waals surface area contributed by atoms with Crippen LogP contribution in [0.15, 0.2) is 30.3 Å². The van der Waals surface area contributed by atoms with Crippen LogP contribution in [0.25, 0.3) is 0 Å². The van der Waals surface area contributed by atoms with E-state index in [9.17, 15) is 0 Å². The van der Waals surface area contributed by atoms with Gasteiger partial charge in [-0.3, -0.25) is 11.3 Å². The number of benzene rings is 1. The van der Waals surface area contributed by atoms with Gasteiger partial charge in [-0.1, -0.05) is 69.9 Å². The molecule has 0 radical (unpaired) electrons. The van der Waals surface area contributed by atoms with Gasteiger partial charge in [0.2, 0.25) is 0 Å². The summed E-state index contributed by atoms with van der Waals surface area (Å²) in [5.41, 5.74) is 4.89. The Labute approximate surface area is 124 Å². The molecule has 1 aliphatic rings. The van der Waals surface area contributed by atoms with Crippen molar-refractivity contribution in [1.82, 2.24) is 5.43 Å². The molecule has 0 saturated heterocycles. The average molecular weight is 274 g/mol. The molecule has 1 aromatic carbocycles. The fourth-order valence-corrected chi connectivity index (χ4v) is 3.81. The maximum Gasteiger partial charge on any atom is 0.0309 e. The van der Waals surface area contributed by atoms with Crippen LogP contribution in [-0.2, 0) is 5.41 Å². The van der Waals surface area contributed by atoms with Crippen LogP contribution in [0.1, 0.15) is 64.4 Å². The number of hydrogen-bond donors (Lipinski definition) is 2. The summed E-state index contributed by atoms with van der Waals surface area (Å²) in [7, 11) is 0. The number of nitrogens with one attached hydrogen (secondary N) is 1. The minimum Gasteiger partial charge on any atom is -0.271 e. The van der Waals surface area contributed by atoms with Gasteiger partial charge in [0, 0.05) is 11.5 Å². The Morgan fingerprint density at radius 2 is 1.80 bits per heavy atom. The van der Waals surface area contributed by atoms with Crippen LogP contribution < -0.4 is 11.3 Å². The molecular formula is C18H30N2. The molecule has 2 heteroatoms. The second-order valence-corrected chi connectivity index (χ2v) is 6.55. The van der Waals surface area contributed by atoms with Gasteiger partial charge < -0.3 is 0 Å². The minimum atomic E-state index is 0.234. The average Bonchev–Trinajstić information content (AvgIpc) is 2.53. The van der Waals surface area contributed by atoms with Crippen molar-refractivity contribution in [2.24, 2.45) is 11.8 Å². The molecule has 0 aromatic heterocycles. The van der Waals surface area contributed by atoms with Crippen molar-refractivity contribution in [3.63, 3.8) is 0 Å². The summed E-state index contributed by atoms with van der Waals surface area (Å²) in [4.78, 5) is 0. The lowest BCUT2D eigenvalue weighted by Crippen LogP contribution is -2.53. The van der Waals surface area contributed by atoms with Crippen LogP contribution in [0, 0.1) is 5.92 Å². The topological polar surface area (TPSA) is 38.0 Å². The highest BCUT2D eigenvalue weighted by atomic mass is 15.2. The van der Waals surface area contributed by atoms with Crippen LogP contribution in [0.2, 0.25) is 0 Å². The molecule has 0 bridgehead atoms. The molecule has 112 valence electrons. The first kappa shape index (κ1) is 15.5. The Balaban J connectivity index is 2.30. The highest BCUT2D eigenvalue weighted by Crippen LogP contribution is 2.43. The molecule has 0 amide bonds. The van der Waals surface area contributed by atoms with Crippen LogP contribution in [0.5, 0.6) is 0 Å². The van der Waals surface area contributed by atoms with Crippen LogP contribution in [0.3, 0.4) is 0 Å². The zero-order valence-electron chi connectivity index (χ0n) is 13.1. The predicted octanol–water partition coefficient (Wildman–Crippen LogP) is 4.16. The molecule has 0 aliphatic heterocycles. The quantitative estimate of drug-likeness (QED) is 0.604. The van der Waals surface area contributed by atoms with Gasteiger partial charge in [-0.25, -0.2) is 0 Å². The van der Waals surface area contributed by atoms with E-state index in [2.05, 4.69) is 49.6 Å². The normalized spacial score (nSPS) is 21.4. The lowest BCUT2D eigenvalue weighted by atomic mass is 9.63. The van der Waals surface area contributed by atoms with Gasteiger partial charge in [0.1, 0.15) is 0 Å². The van der Waals surface area contributed by atoms with Gasteiger partial charge in [-0.2, -0.15) is 0 Å². The third kappa shape index (κ3) is 3.24.